The van der Waals surface area contributed by atoms with Gasteiger partial charge in [0.1, 0.15) is 11.6 Å². The lowest BCUT2D eigenvalue weighted by Crippen LogP contribution is -2.32. The Morgan fingerprint density at radius 1 is 0.850 bits per heavy atom. The number of anilines is 2. The summed E-state index contributed by atoms with van der Waals surface area (Å²) in [6.07, 6.45) is 0. The molecule has 2 aromatic heterocycles. The fourth-order valence-electron chi connectivity index (χ4n) is 2.06. The van der Waals surface area contributed by atoms with Crippen LogP contribution in [0.5, 0.6) is 0 Å². The maximum absolute atomic E-state index is 13.1. The highest BCUT2D eigenvalue weighted by Gasteiger charge is 2.32. The molecule has 2 amide bonds. The van der Waals surface area contributed by atoms with Gasteiger partial charge in [-0.2, -0.15) is 8.78 Å². The van der Waals surface area contributed by atoms with Crippen LogP contribution in [0.1, 0.15) is 0 Å². The summed E-state index contributed by atoms with van der Waals surface area (Å²) in [7, 11) is 0. The summed E-state index contributed by atoms with van der Waals surface area (Å²) < 4.78 is 26.2. The number of amides is 2. The minimum atomic E-state index is -0.655. The molecule has 20 heavy (non-hydrogen) atoms. The van der Waals surface area contributed by atoms with Crippen molar-refractivity contribution in [1.82, 2.24) is 9.97 Å². The van der Waals surface area contributed by atoms with Gasteiger partial charge in [0.25, 0.3) is 0 Å². The Balaban J connectivity index is 1.87. The van der Waals surface area contributed by atoms with Crippen LogP contribution in [0.15, 0.2) is 36.4 Å². The van der Waals surface area contributed by atoms with Crippen LogP contribution in [0.25, 0.3) is 0 Å². The molecule has 1 aliphatic heterocycles. The molecule has 0 aromatic carbocycles. The number of pyridine rings is 2. The van der Waals surface area contributed by atoms with Gasteiger partial charge in [0.05, 0.1) is 0 Å². The number of rotatable bonds is 2. The third-order valence-corrected chi connectivity index (χ3v) is 2.96. The van der Waals surface area contributed by atoms with E-state index in [9.17, 15) is 13.6 Å². The maximum atomic E-state index is 13.1. The molecule has 1 saturated heterocycles. The molecule has 1 aliphatic rings. The molecule has 0 unspecified atom stereocenters. The van der Waals surface area contributed by atoms with Crippen LogP contribution in [-0.4, -0.2) is 29.1 Å². The van der Waals surface area contributed by atoms with Gasteiger partial charge in [-0.3, -0.25) is 9.80 Å². The molecule has 0 aliphatic carbocycles. The zero-order valence-electron chi connectivity index (χ0n) is 10.3. The largest absolute Gasteiger partial charge is 0.331 e. The minimum absolute atomic E-state index is 0.230. The van der Waals surface area contributed by atoms with Gasteiger partial charge < -0.3 is 0 Å². The molecule has 0 saturated carbocycles. The first-order valence-electron chi connectivity index (χ1n) is 5.99. The second-order valence-corrected chi connectivity index (χ2v) is 4.22. The van der Waals surface area contributed by atoms with Crippen molar-refractivity contribution < 1.29 is 13.6 Å². The fourth-order valence-corrected chi connectivity index (χ4v) is 2.06. The first-order valence-corrected chi connectivity index (χ1v) is 5.99. The average Bonchev–Trinajstić information content (AvgIpc) is 2.80. The summed E-state index contributed by atoms with van der Waals surface area (Å²) in [6, 6.07) is 8.06. The predicted molar refractivity (Wildman–Crippen MR) is 68.5 cm³/mol. The number of carbonyl (C=O) groups excluding carboxylic acids is 1. The van der Waals surface area contributed by atoms with Gasteiger partial charge >= 0.3 is 6.03 Å². The topological polar surface area (TPSA) is 49.3 Å². The SMILES string of the molecule is O=C1N(c2cccc(F)n2)CCN1c1cccc(F)n1. The third kappa shape index (κ3) is 2.18. The van der Waals surface area contributed by atoms with Crippen molar-refractivity contribution in [1.29, 1.82) is 0 Å². The fraction of sp³-hybridized carbons (Fsp3) is 0.154. The lowest BCUT2D eigenvalue weighted by atomic mass is 10.4. The lowest BCUT2D eigenvalue weighted by Gasteiger charge is -2.17. The molecule has 0 radical (unpaired) electrons. The number of halogens is 2. The number of carbonyl (C=O) groups is 1. The number of hydrogen-bond acceptors (Lipinski definition) is 3. The quantitative estimate of drug-likeness (QED) is 0.790. The van der Waals surface area contributed by atoms with Crippen LogP contribution >= 0.6 is 0 Å². The Bertz CT molecular complexity index is 609. The van der Waals surface area contributed by atoms with Gasteiger partial charge in [0.15, 0.2) is 0 Å². The van der Waals surface area contributed by atoms with E-state index in [1.807, 2.05) is 0 Å². The van der Waals surface area contributed by atoms with Gasteiger partial charge in [-0.15, -0.1) is 0 Å². The molecule has 7 heteroatoms. The van der Waals surface area contributed by atoms with E-state index in [0.29, 0.717) is 13.1 Å². The van der Waals surface area contributed by atoms with Crippen LogP contribution < -0.4 is 9.80 Å². The van der Waals surface area contributed by atoms with Gasteiger partial charge in [-0.05, 0) is 24.3 Å². The van der Waals surface area contributed by atoms with E-state index in [2.05, 4.69) is 9.97 Å². The molecule has 0 spiro atoms. The van der Waals surface area contributed by atoms with E-state index in [-0.39, 0.29) is 11.6 Å². The monoisotopic (exact) mass is 276 g/mol. The van der Waals surface area contributed by atoms with Gasteiger partial charge in [-0.25, -0.2) is 14.8 Å². The molecule has 3 rings (SSSR count). The number of urea groups is 1. The summed E-state index contributed by atoms with van der Waals surface area (Å²) in [5, 5.41) is 0. The zero-order valence-corrected chi connectivity index (χ0v) is 10.3. The normalized spacial score (nSPS) is 15.0. The standard InChI is InChI=1S/C13H10F2N4O/c14-9-3-1-5-11(16-9)18-7-8-19(13(18)20)12-6-2-4-10(15)17-12/h1-6H,7-8H2. The van der Waals surface area contributed by atoms with E-state index in [1.54, 1.807) is 12.1 Å². The highest BCUT2D eigenvalue weighted by molar-refractivity contribution is 6.04. The number of hydrogen-bond donors (Lipinski definition) is 0. The van der Waals surface area contributed by atoms with Gasteiger partial charge in [0.2, 0.25) is 11.9 Å². The molecule has 0 atom stereocenters. The van der Waals surface area contributed by atoms with Crippen molar-refractivity contribution in [3.05, 3.63) is 48.3 Å². The average molecular weight is 276 g/mol. The lowest BCUT2D eigenvalue weighted by molar-refractivity contribution is 0.255. The molecule has 0 N–H and O–H groups in total. The van der Waals surface area contributed by atoms with Crippen molar-refractivity contribution in [2.24, 2.45) is 0 Å². The van der Waals surface area contributed by atoms with E-state index in [4.69, 9.17) is 0 Å². The van der Waals surface area contributed by atoms with Crippen molar-refractivity contribution in [3.63, 3.8) is 0 Å². The van der Waals surface area contributed by atoms with E-state index in [1.165, 1.54) is 34.1 Å². The molecular weight excluding hydrogens is 266 g/mol. The van der Waals surface area contributed by atoms with Crippen molar-refractivity contribution in [2.45, 2.75) is 0 Å². The third-order valence-electron chi connectivity index (χ3n) is 2.96. The van der Waals surface area contributed by atoms with Gasteiger partial charge in [-0.1, -0.05) is 12.1 Å². The summed E-state index contributed by atoms with van der Waals surface area (Å²) >= 11 is 0. The van der Waals surface area contributed by atoms with Crippen LogP contribution in [0.2, 0.25) is 0 Å². The predicted octanol–water partition coefficient (Wildman–Crippen LogP) is 2.20. The first kappa shape index (κ1) is 12.5. The zero-order chi connectivity index (χ0) is 14.1. The van der Waals surface area contributed by atoms with Crippen molar-refractivity contribution >= 4 is 17.7 Å². The minimum Gasteiger partial charge on any atom is -0.276 e. The van der Waals surface area contributed by atoms with Crippen molar-refractivity contribution in [2.75, 3.05) is 22.9 Å². The van der Waals surface area contributed by atoms with E-state index < -0.39 is 17.9 Å². The molecule has 3 heterocycles. The summed E-state index contributed by atoms with van der Waals surface area (Å²) in [4.78, 5) is 22.3. The van der Waals surface area contributed by atoms with Crippen LogP contribution in [0.3, 0.4) is 0 Å². The highest BCUT2D eigenvalue weighted by atomic mass is 19.1. The Labute approximate surface area is 113 Å². The van der Waals surface area contributed by atoms with E-state index >= 15 is 0 Å². The molecular formula is C13H10F2N4O. The highest BCUT2D eigenvalue weighted by Crippen LogP contribution is 2.22. The summed E-state index contributed by atoms with van der Waals surface area (Å²) in [5.74, 6) is -0.849. The number of nitrogens with zero attached hydrogens (tertiary/aromatic N) is 4. The van der Waals surface area contributed by atoms with Crippen LogP contribution in [-0.2, 0) is 0 Å². The van der Waals surface area contributed by atoms with E-state index in [0.717, 1.165) is 0 Å². The van der Waals surface area contributed by atoms with Crippen molar-refractivity contribution in [3.8, 4) is 0 Å². The molecule has 1 fully saturated rings. The summed E-state index contributed by atoms with van der Waals surface area (Å²) in [5.41, 5.74) is 0. The smallest absolute Gasteiger partial charge is 0.276 e. The molecule has 5 nitrogen and oxygen atoms in total. The Hall–Kier alpha value is -2.57. The van der Waals surface area contributed by atoms with Gasteiger partial charge in [0, 0.05) is 13.1 Å². The number of aromatic nitrogens is 2. The second-order valence-electron chi connectivity index (χ2n) is 4.22. The second kappa shape index (κ2) is 4.84. The van der Waals surface area contributed by atoms with Crippen LogP contribution in [0.4, 0.5) is 25.2 Å². The Morgan fingerprint density at radius 2 is 1.30 bits per heavy atom. The molecule has 102 valence electrons. The molecule has 2 aromatic rings. The Kier molecular flexibility index (Phi) is 3.02. The van der Waals surface area contributed by atoms with Crippen LogP contribution in [0, 0.1) is 11.9 Å². The molecule has 0 bridgehead atoms. The first-order chi connectivity index (χ1) is 9.65. The Morgan fingerprint density at radius 3 is 1.70 bits per heavy atom. The maximum Gasteiger partial charge on any atom is 0.331 e. The summed E-state index contributed by atoms with van der Waals surface area (Å²) in [6.45, 7) is 0.682.